The SMILES string of the molecule is CNS(=O)(=O)c1cccc(OCC(O)CNC(=O)O[C@H]2COC3(CCN(S(=O)(=O)c4cnc5cc[nH]c5c4)CC3)C2)c1. The van der Waals surface area contributed by atoms with Gasteiger partial charge >= 0.3 is 6.09 Å². The van der Waals surface area contributed by atoms with Crippen LogP contribution in [-0.2, 0) is 29.5 Å². The van der Waals surface area contributed by atoms with E-state index in [0.717, 1.165) is 0 Å². The zero-order valence-corrected chi connectivity index (χ0v) is 24.5. The Morgan fingerprint density at radius 3 is 2.76 bits per heavy atom. The van der Waals surface area contributed by atoms with Crippen LogP contribution in [0.1, 0.15) is 19.3 Å². The Bertz CT molecular complexity index is 1640. The summed E-state index contributed by atoms with van der Waals surface area (Å²) in [5, 5.41) is 12.7. The molecule has 2 fully saturated rings. The minimum atomic E-state index is -3.72. The third-order valence-corrected chi connectivity index (χ3v) is 10.7. The molecule has 14 nitrogen and oxygen atoms in total. The maximum absolute atomic E-state index is 13.2. The summed E-state index contributed by atoms with van der Waals surface area (Å²) < 4.78 is 70.8. The number of H-pyrrole nitrogens is 1. The molecule has 42 heavy (non-hydrogen) atoms. The van der Waals surface area contributed by atoms with Crippen LogP contribution in [0.5, 0.6) is 5.75 Å². The van der Waals surface area contributed by atoms with Gasteiger partial charge < -0.3 is 29.6 Å². The highest BCUT2D eigenvalue weighted by molar-refractivity contribution is 7.89. The molecule has 4 heterocycles. The summed E-state index contributed by atoms with van der Waals surface area (Å²) in [5.74, 6) is 0.249. The summed E-state index contributed by atoms with van der Waals surface area (Å²) in [6, 6.07) is 9.16. The molecule has 0 saturated carbocycles. The first-order valence-electron chi connectivity index (χ1n) is 13.4. The number of ether oxygens (including phenoxy) is 3. The van der Waals surface area contributed by atoms with Crippen LogP contribution in [-0.4, -0.2) is 100 Å². The van der Waals surface area contributed by atoms with Gasteiger partial charge in [-0.15, -0.1) is 0 Å². The molecule has 228 valence electrons. The summed E-state index contributed by atoms with van der Waals surface area (Å²) in [7, 11) is -6.06. The molecule has 0 aliphatic carbocycles. The molecule has 3 aromatic rings. The average Bonchev–Trinajstić information content (AvgIpc) is 3.62. The Hall–Kier alpha value is -3.28. The molecule has 1 spiro atoms. The molecule has 2 atom stereocenters. The minimum absolute atomic E-state index is 0.0224. The lowest BCUT2D eigenvalue weighted by Gasteiger charge is -2.37. The van der Waals surface area contributed by atoms with Crippen molar-refractivity contribution < 1.29 is 40.9 Å². The molecule has 2 aliphatic rings. The number of hydrogen-bond acceptors (Lipinski definition) is 10. The Morgan fingerprint density at radius 2 is 2.00 bits per heavy atom. The van der Waals surface area contributed by atoms with Gasteiger partial charge in [0.2, 0.25) is 20.0 Å². The van der Waals surface area contributed by atoms with E-state index in [2.05, 4.69) is 20.0 Å². The lowest BCUT2D eigenvalue weighted by atomic mass is 9.89. The van der Waals surface area contributed by atoms with E-state index in [1.165, 1.54) is 35.7 Å². The maximum atomic E-state index is 13.2. The molecule has 5 rings (SSSR count). The van der Waals surface area contributed by atoms with Crippen molar-refractivity contribution in [3.63, 3.8) is 0 Å². The van der Waals surface area contributed by atoms with Gasteiger partial charge in [0.25, 0.3) is 0 Å². The Kier molecular flexibility index (Phi) is 8.73. The number of amides is 1. The van der Waals surface area contributed by atoms with Gasteiger partial charge in [-0.2, -0.15) is 4.31 Å². The number of piperidine rings is 1. The van der Waals surface area contributed by atoms with Gasteiger partial charge in [0, 0.05) is 38.0 Å². The minimum Gasteiger partial charge on any atom is -0.491 e. The van der Waals surface area contributed by atoms with Crippen molar-refractivity contribution in [2.75, 3.05) is 39.9 Å². The highest BCUT2D eigenvalue weighted by Crippen LogP contribution is 2.38. The van der Waals surface area contributed by atoms with Gasteiger partial charge in [-0.3, -0.25) is 4.98 Å². The molecule has 1 aromatic carbocycles. The van der Waals surface area contributed by atoms with Crippen LogP contribution in [0.3, 0.4) is 0 Å². The van der Waals surface area contributed by atoms with Crippen molar-refractivity contribution in [3.05, 3.63) is 48.8 Å². The number of aromatic nitrogens is 2. The molecule has 2 saturated heterocycles. The molecule has 1 amide bonds. The predicted octanol–water partition coefficient (Wildman–Crippen LogP) is 0.949. The summed E-state index contributed by atoms with van der Waals surface area (Å²) in [6.07, 6.45) is 2.09. The number of hydrogen-bond donors (Lipinski definition) is 4. The van der Waals surface area contributed by atoms with E-state index in [1.54, 1.807) is 24.4 Å². The van der Waals surface area contributed by atoms with Crippen molar-refractivity contribution in [1.29, 1.82) is 0 Å². The van der Waals surface area contributed by atoms with Crippen LogP contribution in [0, 0.1) is 0 Å². The van der Waals surface area contributed by atoms with Gasteiger partial charge in [-0.1, -0.05) is 6.07 Å². The van der Waals surface area contributed by atoms with E-state index in [9.17, 15) is 26.7 Å². The van der Waals surface area contributed by atoms with Gasteiger partial charge in [0.05, 0.1) is 34.7 Å². The Morgan fingerprint density at radius 1 is 1.21 bits per heavy atom. The molecule has 0 radical (unpaired) electrons. The van der Waals surface area contributed by atoms with Crippen molar-refractivity contribution >= 4 is 37.2 Å². The summed E-state index contributed by atoms with van der Waals surface area (Å²) in [4.78, 5) is 19.7. The second-order valence-corrected chi connectivity index (χ2v) is 14.1. The molecule has 0 bridgehead atoms. The number of fused-ring (bicyclic) bond motifs is 1. The number of aliphatic hydroxyl groups excluding tert-OH is 1. The highest BCUT2D eigenvalue weighted by atomic mass is 32.2. The molecule has 16 heteroatoms. The van der Waals surface area contributed by atoms with Gasteiger partial charge in [-0.05, 0) is 44.2 Å². The van der Waals surface area contributed by atoms with Crippen LogP contribution >= 0.6 is 0 Å². The Balaban J connectivity index is 1.05. The molecule has 4 N–H and O–H groups in total. The number of carbonyl (C=O) groups is 1. The first-order valence-corrected chi connectivity index (χ1v) is 16.3. The fourth-order valence-corrected chi connectivity index (χ4v) is 7.24. The monoisotopic (exact) mass is 623 g/mol. The van der Waals surface area contributed by atoms with Crippen molar-refractivity contribution in [2.24, 2.45) is 0 Å². The van der Waals surface area contributed by atoms with E-state index in [1.807, 2.05) is 0 Å². The normalized spacial score (nSPS) is 20.0. The third kappa shape index (κ3) is 6.68. The van der Waals surface area contributed by atoms with Crippen molar-refractivity contribution in [2.45, 2.75) is 46.9 Å². The number of benzene rings is 1. The molecule has 2 aromatic heterocycles. The van der Waals surface area contributed by atoms with Gasteiger partial charge in [0.1, 0.15) is 29.5 Å². The van der Waals surface area contributed by atoms with Gasteiger partial charge in [-0.25, -0.2) is 26.4 Å². The van der Waals surface area contributed by atoms with Gasteiger partial charge in [0.15, 0.2) is 0 Å². The maximum Gasteiger partial charge on any atom is 0.407 e. The number of nitrogens with zero attached hydrogens (tertiary/aromatic N) is 2. The second-order valence-electron chi connectivity index (χ2n) is 10.2. The summed E-state index contributed by atoms with van der Waals surface area (Å²) in [6.45, 7) is 0.375. The Labute approximate surface area is 243 Å². The molecule has 2 aliphatic heterocycles. The quantitative estimate of drug-likeness (QED) is 0.253. The zero-order chi connectivity index (χ0) is 30.0. The lowest BCUT2D eigenvalue weighted by molar-refractivity contribution is -0.0325. The number of aliphatic hydroxyl groups is 1. The van der Waals surface area contributed by atoms with E-state index >= 15 is 0 Å². The van der Waals surface area contributed by atoms with Crippen molar-refractivity contribution in [1.82, 2.24) is 24.3 Å². The zero-order valence-electron chi connectivity index (χ0n) is 22.9. The van der Waals surface area contributed by atoms with E-state index < -0.39 is 43.9 Å². The summed E-state index contributed by atoms with van der Waals surface area (Å²) in [5.41, 5.74) is 0.755. The number of sulfonamides is 2. The fourth-order valence-electron chi connectivity index (χ4n) is 5.06. The first-order chi connectivity index (χ1) is 20.0. The second kappa shape index (κ2) is 12.1. The first kappa shape index (κ1) is 30.2. The smallest absolute Gasteiger partial charge is 0.407 e. The van der Waals surface area contributed by atoms with Crippen LogP contribution < -0.4 is 14.8 Å². The van der Waals surface area contributed by atoms with E-state index in [0.29, 0.717) is 30.3 Å². The third-order valence-electron chi connectivity index (χ3n) is 7.40. The number of pyridine rings is 1. The van der Waals surface area contributed by atoms with E-state index in [4.69, 9.17) is 14.2 Å². The molecule has 1 unspecified atom stereocenters. The molecular formula is C26H33N5O9S2. The number of rotatable bonds is 10. The highest BCUT2D eigenvalue weighted by Gasteiger charge is 2.46. The largest absolute Gasteiger partial charge is 0.491 e. The van der Waals surface area contributed by atoms with Crippen LogP contribution in [0.25, 0.3) is 11.0 Å². The number of alkyl carbamates (subject to hydrolysis) is 1. The van der Waals surface area contributed by atoms with Crippen LogP contribution in [0.15, 0.2) is 58.6 Å². The number of carbonyl (C=O) groups excluding carboxylic acids is 1. The molecular weight excluding hydrogens is 590 g/mol. The standard InChI is InChI=1S/C26H33N5O9S2/c1-27-41(34,35)21-4-2-3-19(11-21)38-16-18(32)14-30-25(33)40-20-13-26(39-17-20)6-9-31(10-7-26)42(36,37)22-12-24-23(29-15-22)5-8-28-24/h2-5,8,11-12,15,18,20,27-28,32H,6-7,9-10,13-14,16-17H2,1H3,(H,30,33)/t18?,20-/m1/s1. The van der Waals surface area contributed by atoms with Crippen LogP contribution in [0.2, 0.25) is 0 Å². The topological polar surface area (TPSA) is 189 Å². The average molecular weight is 624 g/mol. The lowest BCUT2D eigenvalue weighted by Crippen LogP contribution is -2.46. The fraction of sp³-hybridized carbons (Fsp3) is 0.462. The predicted molar refractivity (Wildman–Crippen MR) is 150 cm³/mol. The number of aromatic amines is 1. The summed E-state index contributed by atoms with van der Waals surface area (Å²) >= 11 is 0. The van der Waals surface area contributed by atoms with Crippen molar-refractivity contribution in [3.8, 4) is 5.75 Å². The van der Waals surface area contributed by atoms with E-state index in [-0.39, 0.29) is 48.4 Å². The van der Waals surface area contributed by atoms with Crippen LogP contribution in [0.4, 0.5) is 4.79 Å². The number of nitrogens with one attached hydrogen (secondary N) is 3.